The predicted octanol–water partition coefficient (Wildman–Crippen LogP) is 0.774. The normalized spacial score (nSPS) is 13.3. The molecule has 0 radical (unpaired) electrons. The number of carboxylic acid groups (broad SMARTS) is 1. The summed E-state index contributed by atoms with van der Waals surface area (Å²) in [6.07, 6.45) is 1.36. The molecule has 9 nitrogen and oxygen atoms in total. The van der Waals surface area contributed by atoms with Gasteiger partial charge in [-0.25, -0.2) is 4.98 Å². The number of pyridine rings is 1. The van der Waals surface area contributed by atoms with E-state index < -0.39 is 35.3 Å². The molecule has 0 saturated heterocycles. The minimum atomic E-state index is -1.17. The van der Waals surface area contributed by atoms with Gasteiger partial charge in [0.05, 0.1) is 0 Å². The van der Waals surface area contributed by atoms with Crippen LogP contribution in [0.2, 0.25) is 0 Å². The Morgan fingerprint density at radius 1 is 1.15 bits per heavy atom. The number of carboxylic acids is 1. The van der Waals surface area contributed by atoms with E-state index in [1.54, 1.807) is 20.8 Å². The third-order valence-corrected chi connectivity index (χ3v) is 3.46. The van der Waals surface area contributed by atoms with Crippen LogP contribution in [0.25, 0.3) is 0 Å². The quantitative estimate of drug-likeness (QED) is 0.588. The Balaban J connectivity index is 2.98. The molecule has 2 unspecified atom stereocenters. The molecule has 3 amide bonds. The van der Waals surface area contributed by atoms with Crippen molar-refractivity contribution >= 4 is 29.5 Å². The Hall–Kier alpha value is -2.97. The van der Waals surface area contributed by atoms with Gasteiger partial charge in [0.1, 0.15) is 17.9 Å². The number of nitrogens with one attached hydrogen (secondary N) is 3. The highest BCUT2D eigenvalue weighted by atomic mass is 16.4. The Kier molecular flexibility index (Phi) is 6.82. The van der Waals surface area contributed by atoms with Gasteiger partial charge >= 0.3 is 5.97 Å². The zero-order valence-electron chi connectivity index (χ0n) is 15.4. The van der Waals surface area contributed by atoms with E-state index >= 15 is 0 Å². The van der Waals surface area contributed by atoms with Gasteiger partial charge < -0.3 is 21.1 Å². The number of rotatable bonds is 6. The lowest BCUT2D eigenvalue weighted by Gasteiger charge is -2.31. The fraction of sp³-hybridized carbons (Fsp3) is 0.471. The number of hydrogen-bond acceptors (Lipinski definition) is 5. The molecule has 0 aromatic carbocycles. The first kappa shape index (κ1) is 21.1. The molecule has 2 atom stereocenters. The Morgan fingerprint density at radius 2 is 1.77 bits per heavy atom. The second-order valence-electron chi connectivity index (χ2n) is 6.95. The zero-order chi connectivity index (χ0) is 20.1. The van der Waals surface area contributed by atoms with E-state index in [0.29, 0.717) is 0 Å². The van der Waals surface area contributed by atoms with Crippen LogP contribution in [-0.2, 0) is 14.4 Å². The summed E-state index contributed by atoms with van der Waals surface area (Å²) in [5, 5.41) is 16.4. The number of nitrogens with zero attached hydrogens (tertiary/aromatic N) is 1. The molecule has 0 fully saturated rings. The maximum Gasteiger partial charge on any atom is 0.325 e. The SMILES string of the molecule is CC(=O)Nc1cc(C(=O)NC(C(=O)NC(C)C(=O)O)C(C)(C)C)ccn1. The average Bonchev–Trinajstić information content (AvgIpc) is 2.50. The van der Waals surface area contributed by atoms with Crippen LogP contribution in [0.15, 0.2) is 18.3 Å². The second kappa shape index (κ2) is 8.41. The van der Waals surface area contributed by atoms with Gasteiger partial charge in [0.2, 0.25) is 11.8 Å². The molecule has 0 aliphatic heterocycles. The average molecular weight is 364 g/mol. The Bertz CT molecular complexity index is 711. The van der Waals surface area contributed by atoms with Crippen molar-refractivity contribution in [1.82, 2.24) is 15.6 Å². The molecule has 142 valence electrons. The van der Waals surface area contributed by atoms with E-state index in [2.05, 4.69) is 20.9 Å². The summed E-state index contributed by atoms with van der Waals surface area (Å²) in [5.41, 5.74) is -0.456. The highest BCUT2D eigenvalue weighted by Crippen LogP contribution is 2.20. The van der Waals surface area contributed by atoms with Crippen LogP contribution in [0.3, 0.4) is 0 Å². The lowest BCUT2D eigenvalue weighted by molar-refractivity contribution is -0.142. The van der Waals surface area contributed by atoms with Gasteiger partial charge in [-0.1, -0.05) is 20.8 Å². The number of amides is 3. The van der Waals surface area contributed by atoms with Crippen molar-refractivity contribution in [2.24, 2.45) is 5.41 Å². The highest BCUT2D eigenvalue weighted by molar-refractivity contribution is 5.99. The lowest BCUT2D eigenvalue weighted by atomic mass is 9.85. The Labute approximate surface area is 151 Å². The number of aliphatic carboxylic acids is 1. The van der Waals surface area contributed by atoms with Crippen LogP contribution in [0.5, 0.6) is 0 Å². The fourth-order valence-corrected chi connectivity index (χ4v) is 2.07. The van der Waals surface area contributed by atoms with Gasteiger partial charge in [-0.15, -0.1) is 0 Å². The third kappa shape index (κ3) is 6.15. The summed E-state index contributed by atoms with van der Waals surface area (Å²) in [5.74, 6) is -2.44. The van der Waals surface area contributed by atoms with Crippen molar-refractivity contribution in [2.45, 2.75) is 46.7 Å². The number of anilines is 1. The minimum Gasteiger partial charge on any atom is -0.480 e. The van der Waals surface area contributed by atoms with Crippen molar-refractivity contribution in [2.75, 3.05) is 5.32 Å². The van der Waals surface area contributed by atoms with E-state index in [0.717, 1.165) is 0 Å². The molecule has 9 heteroatoms. The summed E-state index contributed by atoms with van der Waals surface area (Å²) in [6, 6.07) is 0.776. The van der Waals surface area contributed by atoms with Crippen LogP contribution in [-0.4, -0.2) is 45.9 Å². The largest absolute Gasteiger partial charge is 0.480 e. The van der Waals surface area contributed by atoms with Gasteiger partial charge in [-0.3, -0.25) is 19.2 Å². The maximum absolute atomic E-state index is 12.5. The molecule has 0 spiro atoms. The molecule has 0 saturated carbocycles. The summed E-state index contributed by atoms with van der Waals surface area (Å²) in [7, 11) is 0. The molecular weight excluding hydrogens is 340 g/mol. The van der Waals surface area contributed by atoms with Gasteiger partial charge in [-0.2, -0.15) is 0 Å². The number of aromatic nitrogens is 1. The standard InChI is InChI=1S/C17H24N4O5/c1-9(16(25)26)19-15(24)13(17(3,4)5)21-14(23)11-6-7-18-12(8-11)20-10(2)22/h6-9,13H,1-5H3,(H,19,24)(H,21,23)(H,25,26)(H,18,20,22). The summed E-state index contributed by atoms with van der Waals surface area (Å²) in [4.78, 5) is 50.9. The smallest absolute Gasteiger partial charge is 0.325 e. The molecule has 4 N–H and O–H groups in total. The first-order valence-corrected chi connectivity index (χ1v) is 7.99. The van der Waals surface area contributed by atoms with Gasteiger partial charge in [0.15, 0.2) is 0 Å². The number of hydrogen-bond donors (Lipinski definition) is 4. The zero-order valence-corrected chi connectivity index (χ0v) is 15.4. The first-order valence-electron chi connectivity index (χ1n) is 7.99. The van der Waals surface area contributed by atoms with Crippen molar-refractivity contribution in [3.05, 3.63) is 23.9 Å². The molecule has 1 heterocycles. The molecule has 0 aliphatic carbocycles. The van der Waals surface area contributed by atoms with Crippen molar-refractivity contribution in [3.63, 3.8) is 0 Å². The van der Waals surface area contributed by atoms with E-state index in [9.17, 15) is 19.2 Å². The monoisotopic (exact) mass is 364 g/mol. The molecule has 1 rings (SSSR count). The van der Waals surface area contributed by atoms with E-state index in [4.69, 9.17) is 5.11 Å². The molecule has 26 heavy (non-hydrogen) atoms. The van der Waals surface area contributed by atoms with Gasteiger partial charge in [-0.05, 0) is 24.5 Å². The second-order valence-corrected chi connectivity index (χ2v) is 6.95. The first-order chi connectivity index (χ1) is 11.9. The topological polar surface area (TPSA) is 137 Å². The van der Waals surface area contributed by atoms with E-state index in [-0.39, 0.29) is 17.3 Å². The Morgan fingerprint density at radius 3 is 2.27 bits per heavy atom. The van der Waals surface area contributed by atoms with E-state index in [1.165, 1.54) is 32.2 Å². The molecular formula is C17H24N4O5. The maximum atomic E-state index is 12.5. The van der Waals surface area contributed by atoms with Crippen molar-refractivity contribution in [3.8, 4) is 0 Å². The molecule has 0 bridgehead atoms. The van der Waals surface area contributed by atoms with Crippen LogP contribution in [0, 0.1) is 5.41 Å². The van der Waals surface area contributed by atoms with Crippen molar-refractivity contribution in [1.29, 1.82) is 0 Å². The van der Waals surface area contributed by atoms with Crippen LogP contribution < -0.4 is 16.0 Å². The van der Waals surface area contributed by atoms with Crippen LogP contribution in [0.4, 0.5) is 5.82 Å². The lowest BCUT2D eigenvalue weighted by Crippen LogP contribution is -2.56. The summed E-state index contributed by atoms with van der Waals surface area (Å²) in [6.45, 7) is 7.90. The van der Waals surface area contributed by atoms with Gasteiger partial charge in [0, 0.05) is 18.7 Å². The fourth-order valence-electron chi connectivity index (χ4n) is 2.07. The molecule has 0 aliphatic rings. The molecule has 1 aromatic heterocycles. The summed E-state index contributed by atoms with van der Waals surface area (Å²) < 4.78 is 0. The van der Waals surface area contributed by atoms with Crippen molar-refractivity contribution < 1.29 is 24.3 Å². The van der Waals surface area contributed by atoms with Crippen LogP contribution in [0.1, 0.15) is 45.0 Å². The van der Waals surface area contributed by atoms with Crippen LogP contribution >= 0.6 is 0 Å². The number of carbonyl (C=O) groups is 4. The minimum absolute atomic E-state index is 0.206. The molecule has 1 aromatic rings. The predicted molar refractivity (Wildman–Crippen MR) is 94.5 cm³/mol. The third-order valence-electron chi connectivity index (χ3n) is 3.46. The number of carbonyl (C=O) groups excluding carboxylic acids is 3. The van der Waals surface area contributed by atoms with E-state index in [1.807, 2.05) is 0 Å². The van der Waals surface area contributed by atoms with Gasteiger partial charge in [0.25, 0.3) is 5.91 Å². The highest BCUT2D eigenvalue weighted by Gasteiger charge is 2.34. The summed E-state index contributed by atoms with van der Waals surface area (Å²) >= 11 is 0.